The zero-order chi connectivity index (χ0) is 14.2. The van der Waals surface area contributed by atoms with Crippen molar-refractivity contribution >= 4 is 6.08 Å². The Labute approximate surface area is 119 Å². The molecular weight excluding hydrogens is 250 g/mol. The van der Waals surface area contributed by atoms with Crippen LogP contribution >= 0.6 is 0 Å². The van der Waals surface area contributed by atoms with Crippen LogP contribution in [-0.4, -0.2) is 16.7 Å². The van der Waals surface area contributed by atoms with Gasteiger partial charge in [-0.2, -0.15) is 0 Å². The maximum Gasteiger partial charge on any atom is 0.214 e. The summed E-state index contributed by atoms with van der Waals surface area (Å²) in [5.74, 6) is 0.561. The summed E-state index contributed by atoms with van der Waals surface area (Å²) in [5, 5.41) is 9.20. The third kappa shape index (κ3) is 4.21. The minimum absolute atomic E-state index is 0.00569. The SMILES string of the molecule is CCc1cc(CO)cc(OC/C=C/c2ccccc2)n1. The summed E-state index contributed by atoms with van der Waals surface area (Å²) in [6, 6.07) is 13.7. The molecule has 0 unspecified atom stereocenters. The topological polar surface area (TPSA) is 42.4 Å². The van der Waals surface area contributed by atoms with Crippen LogP contribution in [-0.2, 0) is 13.0 Å². The molecule has 0 bridgehead atoms. The van der Waals surface area contributed by atoms with Crippen molar-refractivity contribution in [3.63, 3.8) is 0 Å². The molecule has 0 aliphatic heterocycles. The molecule has 3 nitrogen and oxygen atoms in total. The maximum absolute atomic E-state index is 9.20. The van der Waals surface area contributed by atoms with E-state index in [2.05, 4.69) is 4.98 Å². The van der Waals surface area contributed by atoms with Crippen LogP contribution in [0.25, 0.3) is 6.08 Å². The van der Waals surface area contributed by atoms with Crippen molar-refractivity contribution in [3.05, 3.63) is 65.4 Å². The average molecular weight is 269 g/mol. The first kappa shape index (κ1) is 14.3. The van der Waals surface area contributed by atoms with E-state index in [1.54, 1.807) is 6.07 Å². The number of ether oxygens (including phenoxy) is 1. The van der Waals surface area contributed by atoms with E-state index in [0.29, 0.717) is 12.5 Å². The maximum atomic E-state index is 9.20. The molecule has 2 aromatic rings. The van der Waals surface area contributed by atoms with Crippen molar-refractivity contribution in [2.75, 3.05) is 6.61 Å². The largest absolute Gasteiger partial charge is 0.473 e. The lowest BCUT2D eigenvalue weighted by molar-refractivity contribution is 0.279. The highest BCUT2D eigenvalue weighted by molar-refractivity contribution is 5.48. The minimum atomic E-state index is 0.00569. The predicted octanol–water partition coefficient (Wildman–Crippen LogP) is 3.23. The van der Waals surface area contributed by atoms with Gasteiger partial charge in [0.25, 0.3) is 0 Å². The third-order valence-corrected chi connectivity index (χ3v) is 2.90. The van der Waals surface area contributed by atoms with E-state index in [1.807, 2.05) is 55.5 Å². The number of nitrogens with zero attached hydrogens (tertiary/aromatic N) is 1. The van der Waals surface area contributed by atoms with Crippen molar-refractivity contribution < 1.29 is 9.84 Å². The molecule has 20 heavy (non-hydrogen) atoms. The standard InChI is InChI=1S/C17H19NO2/c1-2-16-11-15(13-19)12-17(18-16)20-10-6-9-14-7-4-3-5-8-14/h3-9,11-12,19H,2,10,13H2,1H3/b9-6+. The van der Waals surface area contributed by atoms with E-state index in [0.717, 1.165) is 23.2 Å². The molecule has 104 valence electrons. The second kappa shape index (κ2) is 7.46. The van der Waals surface area contributed by atoms with E-state index in [-0.39, 0.29) is 6.61 Å². The molecule has 1 heterocycles. The van der Waals surface area contributed by atoms with Crippen LogP contribution in [0.1, 0.15) is 23.7 Å². The van der Waals surface area contributed by atoms with Crippen LogP contribution in [0.2, 0.25) is 0 Å². The van der Waals surface area contributed by atoms with Gasteiger partial charge in [-0.05, 0) is 29.7 Å². The van der Waals surface area contributed by atoms with Gasteiger partial charge in [-0.15, -0.1) is 0 Å². The molecule has 3 heteroatoms. The highest BCUT2D eigenvalue weighted by Gasteiger charge is 2.01. The summed E-state index contributed by atoms with van der Waals surface area (Å²) in [4.78, 5) is 4.38. The highest BCUT2D eigenvalue weighted by atomic mass is 16.5. The fourth-order valence-electron chi connectivity index (χ4n) is 1.85. The second-order valence-corrected chi connectivity index (χ2v) is 4.44. The van der Waals surface area contributed by atoms with Gasteiger partial charge in [0, 0.05) is 11.8 Å². The van der Waals surface area contributed by atoms with Gasteiger partial charge in [0.15, 0.2) is 0 Å². The summed E-state index contributed by atoms with van der Waals surface area (Å²) in [5.41, 5.74) is 2.90. The Bertz CT molecular complexity index is 542. The first-order valence-corrected chi connectivity index (χ1v) is 6.77. The van der Waals surface area contributed by atoms with Crippen LogP contribution in [0.4, 0.5) is 0 Å². The number of benzene rings is 1. The number of aliphatic hydroxyl groups excluding tert-OH is 1. The molecule has 0 saturated carbocycles. The van der Waals surface area contributed by atoms with Crippen molar-refractivity contribution in [3.8, 4) is 5.88 Å². The van der Waals surface area contributed by atoms with Crippen LogP contribution in [0.5, 0.6) is 5.88 Å². The quantitative estimate of drug-likeness (QED) is 0.875. The number of aromatic nitrogens is 1. The predicted molar refractivity (Wildman–Crippen MR) is 80.5 cm³/mol. The molecule has 0 saturated heterocycles. The van der Waals surface area contributed by atoms with E-state index in [9.17, 15) is 5.11 Å². The number of rotatable bonds is 6. The number of hydrogen-bond acceptors (Lipinski definition) is 3. The lowest BCUT2D eigenvalue weighted by Gasteiger charge is -2.06. The molecule has 0 aliphatic rings. The van der Waals surface area contributed by atoms with Crippen LogP contribution in [0, 0.1) is 0 Å². The Morgan fingerprint density at radius 1 is 1.20 bits per heavy atom. The van der Waals surface area contributed by atoms with Crippen LogP contribution in [0.15, 0.2) is 48.5 Å². The van der Waals surface area contributed by atoms with Gasteiger partial charge in [-0.1, -0.05) is 43.3 Å². The Hall–Kier alpha value is -2.13. The second-order valence-electron chi connectivity index (χ2n) is 4.44. The van der Waals surface area contributed by atoms with Crippen molar-refractivity contribution in [1.82, 2.24) is 4.98 Å². The molecular formula is C17H19NO2. The first-order chi connectivity index (χ1) is 9.81. The molecule has 0 spiro atoms. The normalized spacial score (nSPS) is 10.9. The van der Waals surface area contributed by atoms with E-state index < -0.39 is 0 Å². The zero-order valence-electron chi connectivity index (χ0n) is 11.6. The molecule has 0 radical (unpaired) electrons. The van der Waals surface area contributed by atoms with Gasteiger partial charge < -0.3 is 9.84 Å². The minimum Gasteiger partial charge on any atom is -0.473 e. The number of aryl methyl sites for hydroxylation is 1. The summed E-state index contributed by atoms with van der Waals surface area (Å²) in [6.07, 6.45) is 4.79. The summed E-state index contributed by atoms with van der Waals surface area (Å²) < 4.78 is 5.60. The zero-order valence-corrected chi connectivity index (χ0v) is 11.6. The lowest BCUT2D eigenvalue weighted by atomic mass is 10.2. The van der Waals surface area contributed by atoms with Gasteiger partial charge in [-0.25, -0.2) is 4.98 Å². The Kier molecular flexibility index (Phi) is 5.33. The molecule has 0 amide bonds. The third-order valence-electron chi connectivity index (χ3n) is 2.90. The van der Waals surface area contributed by atoms with Crippen LogP contribution < -0.4 is 4.74 Å². The van der Waals surface area contributed by atoms with Crippen molar-refractivity contribution in [2.45, 2.75) is 20.0 Å². The summed E-state index contributed by atoms with van der Waals surface area (Å²) in [6.45, 7) is 2.49. The van der Waals surface area contributed by atoms with Crippen molar-refractivity contribution in [2.24, 2.45) is 0 Å². The average Bonchev–Trinajstić information content (AvgIpc) is 2.52. The van der Waals surface area contributed by atoms with Gasteiger partial charge >= 0.3 is 0 Å². The number of aliphatic hydroxyl groups is 1. The molecule has 0 aliphatic carbocycles. The Morgan fingerprint density at radius 2 is 2.00 bits per heavy atom. The Balaban J connectivity index is 1.95. The smallest absolute Gasteiger partial charge is 0.214 e. The fraction of sp³-hybridized carbons (Fsp3) is 0.235. The van der Waals surface area contributed by atoms with E-state index in [1.165, 1.54) is 0 Å². The lowest BCUT2D eigenvalue weighted by Crippen LogP contribution is -2.00. The van der Waals surface area contributed by atoms with Gasteiger partial charge in [0.2, 0.25) is 5.88 Å². The van der Waals surface area contributed by atoms with Crippen LogP contribution in [0.3, 0.4) is 0 Å². The van der Waals surface area contributed by atoms with Gasteiger partial charge in [0.1, 0.15) is 6.61 Å². The molecule has 1 N–H and O–H groups in total. The highest BCUT2D eigenvalue weighted by Crippen LogP contribution is 2.13. The monoisotopic (exact) mass is 269 g/mol. The molecule has 0 atom stereocenters. The Morgan fingerprint density at radius 3 is 2.70 bits per heavy atom. The number of pyridine rings is 1. The summed E-state index contributed by atoms with van der Waals surface area (Å²) >= 11 is 0. The number of hydrogen-bond donors (Lipinski definition) is 1. The molecule has 2 rings (SSSR count). The fourth-order valence-corrected chi connectivity index (χ4v) is 1.85. The molecule has 0 fully saturated rings. The van der Waals surface area contributed by atoms with E-state index >= 15 is 0 Å². The first-order valence-electron chi connectivity index (χ1n) is 6.77. The molecule has 1 aromatic carbocycles. The van der Waals surface area contributed by atoms with Gasteiger partial charge in [0.05, 0.1) is 6.61 Å². The summed E-state index contributed by atoms with van der Waals surface area (Å²) in [7, 11) is 0. The molecule has 1 aromatic heterocycles. The van der Waals surface area contributed by atoms with Gasteiger partial charge in [-0.3, -0.25) is 0 Å². The van der Waals surface area contributed by atoms with Crippen molar-refractivity contribution in [1.29, 1.82) is 0 Å². The van der Waals surface area contributed by atoms with E-state index in [4.69, 9.17) is 4.74 Å².